The number of nitrogen functional groups attached to an aromatic ring is 1. The minimum atomic E-state index is 0.471. The number of anilines is 1. The van der Waals surface area contributed by atoms with Crippen molar-refractivity contribution < 1.29 is 4.74 Å². The van der Waals surface area contributed by atoms with Crippen LogP contribution in [0.25, 0.3) is 0 Å². The fraction of sp³-hybridized carbons (Fsp3) is 0.214. The Morgan fingerprint density at radius 2 is 1.82 bits per heavy atom. The number of hydrogen-bond donors (Lipinski definition) is 1. The Labute approximate surface area is 101 Å². The molecule has 0 atom stereocenters. The molecule has 1 aromatic heterocycles. The second kappa shape index (κ2) is 4.45. The van der Waals surface area contributed by atoms with Gasteiger partial charge in [0.1, 0.15) is 5.75 Å². The maximum absolute atomic E-state index is 5.84. The molecular weight excluding hydrogens is 212 g/mol. The minimum absolute atomic E-state index is 0.471. The van der Waals surface area contributed by atoms with E-state index in [1.54, 1.807) is 0 Å². The van der Waals surface area contributed by atoms with Gasteiger partial charge in [0.2, 0.25) is 5.88 Å². The van der Waals surface area contributed by atoms with Gasteiger partial charge in [-0.25, -0.2) is 4.98 Å². The largest absolute Gasteiger partial charge is 0.437 e. The van der Waals surface area contributed by atoms with Crippen LogP contribution in [0.15, 0.2) is 30.3 Å². The lowest BCUT2D eigenvalue weighted by Crippen LogP contribution is -1.97. The van der Waals surface area contributed by atoms with Crippen LogP contribution in [0.2, 0.25) is 0 Å². The highest BCUT2D eigenvalue weighted by Gasteiger charge is 2.06. The molecule has 0 amide bonds. The van der Waals surface area contributed by atoms with Gasteiger partial charge in [0.25, 0.3) is 0 Å². The van der Waals surface area contributed by atoms with Gasteiger partial charge in [-0.1, -0.05) is 12.1 Å². The van der Waals surface area contributed by atoms with Crippen molar-refractivity contribution in [2.24, 2.45) is 0 Å². The summed E-state index contributed by atoms with van der Waals surface area (Å²) in [5.41, 5.74) is 9.50. The first-order chi connectivity index (χ1) is 8.06. The van der Waals surface area contributed by atoms with E-state index >= 15 is 0 Å². The number of nitrogens with two attached hydrogens (primary N) is 1. The standard InChI is InChI=1S/C14H16N2O/c1-9-4-5-10(2)13(8-9)17-14-12(15)7-6-11(3)16-14/h4-8H,15H2,1-3H3. The van der Waals surface area contributed by atoms with Crippen molar-refractivity contribution in [1.82, 2.24) is 4.98 Å². The fourth-order valence-corrected chi connectivity index (χ4v) is 1.55. The smallest absolute Gasteiger partial charge is 0.242 e. The molecule has 0 bridgehead atoms. The molecule has 1 heterocycles. The Morgan fingerprint density at radius 1 is 1.06 bits per heavy atom. The summed E-state index contributed by atoms with van der Waals surface area (Å²) in [6.07, 6.45) is 0. The quantitative estimate of drug-likeness (QED) is 0.857. The topological polar surface area (TPSA) is 48.1 Å². The molecule has 88 valence electrons. The van der Waals surface area contributed by atoms with E-state index in [2.05, 4.69) is 11.1 Å². The molecule has 0 unspecified atom stereocenters. The second-order valence-corrected chi connectivity index (χ2v) is 4.22. The van der Waals surface area contributed by atoms with Crippen LogP contribution < -0.4 is 10.5 Å². The molecule has 0 spiro atoms. The van der Waals surface area contributed by atoms with Gasteiger partial charge in [0.15, 0.2) is 0 Å². The van der Waals surface area contributed by atoms with Crippen LogP contribution in [-0.4, -0.2) is 4.98 Å². The van der Waals surface area contributed by atoms with Crippen LogP contribution in [0.3, 0.4) is 0 Å². The van der Waals surface area contributed by atoms with Crippen molar-refractivity contribution >= 4 is 5.69 Å². The van der Waals surface area contributed by atoms with Crippen molar-refractivity contribution in [2.75, 3.05) is 5.73 Å². The maximum atomic E-state index is 5.84. The normalized spacial score (nSPS) is 10.3. The molecule has 1 aromatic carbocycles. The molecule has 0 saturated heterocycles. The molecule has 2 N–H and O–H groups in total. The van der Waals surface area contributed by atoms with Crippen LogP contribution in [0.5, 0.6) is 11.6 Å². The van der Waals surface area contributed by atoms with Gasteiger partial charge in [-0.15, -0.1) is 0 Å². The van der Waals surface area contributed by atoms with Crippen molar-refractivity contribution in [3.8, 4) is 11.6 Å². The number of nitrogens with zero attached hydrogens (tertiary/aromatic N) is 1. The zero-order valence-electron chi connectivity index (χ0n) is 10.3. The van der Waals surface area contributed by atoms with Crippen LogP contribution in [-0.2, 0) is 0 Å². The van der Waals surface area contributed by atoms with Gasteiger partial charge in [0.05, 0.1) is 5.69 Å². The molecule has 0 aliphatic heterocycles. The SMILES string of the molecule is Cc1ccc(C)c(Oc2nc(C)ccc2N)c1. The Hall–Kier alpha value is -2.03. The molecule has 0 radical (unpaired) electrons. The summed E-state index contributed by atoms with van der Waals surface area (Å²) in [5.74, 6) is 1.27. The van der Waals surface area contributed by atoms with Crippen LogP contribution in [0.4, 0.5) is 5.69 Å². The van der Waals surface area contributed by atoms with Crippen molar-refractivity contribution in [3.05, 3.63) is 47.2 Å². The van der Waals surface area contributed by atoms with E-state index in [1.165, 1.54) is 0 Å². The summed E-state index contributed by atoms with van der Waals surface area (Å²) in [7, 11) is 0. The summed E-state index contributed by atoms with van der Waals surface area (Å²) in [6.45, 7) is 5.94. The van der Waals surface area contributed by atoms with E-state index in [0.717, 1.165) is 22.6 Å². The Morgan fingerprint density at radius 3 is 2.59 bits per heavy atom. The summed E-state index contributed by atoms with van der Waals surface area (Å²) < 4.78 is 5.77. The van der Waals surface area contributed by atoms with Gasteiger partial charge < -0.3 is 10.5 Å². The van der Waals surface area contributed by atoms with Crippen LogP contribution >= 0.6 is 0 Å². The number of rotatable bonds is 2. The van der Waals surface area contributed by atoms with E-state index in [9.17, 15) is 0 Å². The Balaban J connectivity index is 2.37. The summed E-state index contributed by atoms with van der Waals surface area (Å²) in [6, 6.07) is 9.73. The van der Waals surface area contributed by atoms with Crippen molar-refractivity contribution in [3.63, 3.8) is 0 Å². The number of ether oxygens (including phenoxy) is 1. The third kappa shape index (κ3) is 2.56. The molecule has 3 heteroatoms. The second-order valence-electron chi connectivity index (χ2n) is 4.22. The molecule has 2 aromatic rings. The van der Waals surface area contributed by atoms with E-state index < -0.39 is 0 Å². The highest BCUT2D eigenvalue weighted by molar-refractivity contribution is 5.51. The summed E-state index contributed by atoms with van der Waals surface area (Å²) in [4.78, 5) is 4.29. The first-order valence-corrected chi connectivity index (χ1v) is 5.54. The molecule has 0 saturated carbocycles. The zero-order chi connectivity index (χ0) is 12.4. The van der Waals surface area contributed by atoms with E-state index in [4.69, 9.17) is 10.5 Å². The Bertz CT molecular complexity index is 500. The molecule has 0 fully saturated rings. The molecule has 2 rings (SSSR count). The average molecular weight is 228 g/mol. The fourth-order valence-electron chi connectivity index (χ4n) is 1.55. The number of hydrogen-bond acceptors (Lipinski definition) is 3. The van der Waals surface area contributed by atoms with Gasteiger partial charge >= 0.3 is 0 Å². The van der Waals surface area contributed by atoms with Crippen LogP contribution in [0.1, 0.15) is 16.8 Å². The lowest BCUT2D eigenvalue weighted by Gasteiger charge is -2.10. The minimum Gasteiger partial charge on any atom is -0.437 e. The van der Waals surface area contributed by atoms with E-state index in [0.29, 0.717) is 11.6 Å². The third-order valence-corrected chi connectivity index (χ3v) is 2.58. The molecular formula is C14H16N2O. The number of aryl methyl sites for hydroxylation is 3. The van der Waals surface area contributed by atoms with Crippen molar-refractivity contribution in [2.45, 2.75) is 20.8 Å². The van der Waals surface area contributed by atoms with Gasteiger partial charge in [0, 0.05) is 5.69 Å². The maximum Gasteiger partial charge on any atom is 0.242 e. The first kappa shape index (κ1) is 11.5. The predicted octanol–water partition coefficient (Wildman–Crippen LogP) is 3.38. The monoisotopic (exact) mass is 228 g/mol. The summed E-state index contributed by atoms with van der Waals surface area (Å²) in [5, 5.41) is 0. The molecule has 17 heavy (non-hydrogen) atoms. The first-order valence-electron chi connectivity index (χ1n) is 5.54. The highest BCUT2D eigenvalue weighted by atomic mass is 16.5. The average Bonchev–Trinajstić information content (AvgIpc) is 2.28. The van der Waals surface area contributed by atoms with E-state index in [-0.39, 0.29) is 0 Å². The lowest BCUT2D eigenvalue weighted by atomic mass is 10.1. The lowest BCUT2D eigenvalue weighted by molar-refractivity contribution is 0.460. The number of pyridine rings is 1. The van der Waals surface area contributed by atoms with Crippen LogP contribution in [0, 0.1) is 20.8 Å². The summed E-state index contributed by atoms with van der Waals surface area (Å²) >= 11 is 0. The van der Waals surface area contributed by atoms with Gasteiger partial charge in [-0.05, 0) is 50.1 Å². The van der Waals surface area contributed by atoms with Crippen molar-refractivity contribution in [1.29, 1.82) is 0 Å². The molecule has 3 nitrogen and oxygen atoms in total. The van der Waals surface area contributed by atoms with Gasteiger partial charge in [-0.3, -0.25) is 0 Å². The number of benzene rings is 1. The number of aromatic nitrogens is 1. The van der Waals surface area contributed by atoms with E-state index in [1.807, 2.05) is 45.0 Å². The molecule has 0 aliphatic rings. The predicted molar refractivity (Wildman–Crippen MR) is 69.4 cm³/mol. The molecule has 0 aliphatic carbocycles. The van der Waals surface area contributed by atoms with Gasteiger partial charge in [-0.2, -0.15) is 0 Å². The Kier molecular flexibility index (Phi) is 3.00. The zero-order valence-corrected chi connectivity index (χ0v) is 10.3. The third-order valence-electron chi connectivity index (χ3n) is 2.58. The highest BCUT2D eigenvalue weighted by Crippen LogP contribution is 2.28.